The average Bonchev–Trinajstić information content (AvgIpc) is 3.70. The van der Waals surface area contributed by atoms with Crippen LogP contribution in [0.5, 0.6) is 5.75 Å². The first-order valence-corrected chi connectivity index (χ1v) is 12.4. The van der Waals surface area contributed by atoms with E-state index in [-0.39, 0.29) is 17.7 Å². The molecule has 2 atom stereocenters. The van der Waals surface area contributed by atoms with E-state index in [0.29, 0.717) is 25.1 Å². The molecule has 0 saturated heterocycles. The molecule has 3 aromatic carbocycles. The number of anilines is 1. The molecule has 6 heteroatoms. The maximum Gasteiger partial charge on any atom is 0.307 e. The highest BCUT2D eigenvalue weighted by Crippen LogP contribution is 2.46. The number of pyridine rings is 1. The predicted molar refractivity (Wildman–Crippen MR) is 142 cm³/mol. The first kappa shape index (κ1) is 24.5. The number of carbonyl (C=O) groups is 1. The lowest BCUT2D eigenvalue weighted by Crippen LogP contribution is -2.04. The number of ether oxygens (including phenoxy) is 1. The highest BCUT2D eigenvalue weighted by Gasteiger charge is 2.45. The number of hydrogen-bond donors (Lipinski definition) is 2. The number of aryl methyl sites for hydroxylation is 2. The van der Waals surface area contributed by atoms with Crippen molar-refractivity contribution in [3.05, 3.63) is 113 Å². The van der Waals surface area contributed by atoms with Crippen LogP contribution in [0.4, 0.5) is 10.1 Å². The van der Waals surface area contributed by atoms with Crippen molar-refractivity contribution < 1.29 is 19.0 Å². The minimum absolute atomic E-state index is 0.0118. The van der Waals surface area contributed by atoms with E-state index < -0.39 is 5.97 Å². The summed E-state index contributed by atoms with van der Waals surface area (Å²) in [5.74, 6) is -0.587. The molecule has 37 heavy (non-hydrogen) atoms. The first-order chi connectivity index (χ1) is 17.9. The van der Waals surface area contributed by atoms with Crippen LogP contribution in [0.15, 0.2) is 79.0 Å². The number of aliphatic carboxylic acids is 1. The molecule has 1 fully saturated rings. The maximum absolute atomic E-state index is 14.7. The second-order valence-corrected chi connectivity index (χ2v) is 9.62. The molecular weight excluding hydrogens is 467 g/mol. The molecule has 1 saturated carbocycles. The van der Waals surface area contributed by atoms with Crippen LogP contribution < -0.4 is 10.1 Å². The molecular formula is C31H29FN2O3. The highest BCUT2D eigenvalue weighted by molar-refractivity contribution is 5.75. The van der Waals surface area contributed by atoms with Crippen LogP contribution in [0.1, 0.15) is 40.3 Å². The predicted octanol–water partition coefficient (Wildman–Crippen LogP) is 6.88. The van der Waals surface area contributed by atoms with Crippen LogP contribution in [0.25, 0.3) is 11.1 Å². The first-order valence-electron chi connectivity index (χ1n) is 12.4. The van der Waals surface area contributed by atoms with Crippen LogP contribution in [0.3, 0.4) is 0 Å². The number of carboxylic acids is 1. The average molecular weight is 497 g/mol. The van der Waals surface area contributed by atoms with Gasteiger partial charge in [-0.05, 0) is 84.5 Å². The van der Waals surface area contributed by atoms with Gasteiger partial charge in [-0.25, -0.2) is 4.39 Å². The summed E-state index contributed by atoms with van der Waals surface area (Å²) in [6.07, 6.45) is 2.31. The third-order valence-electron chi connectivity index (χ3n) is 6.85. The van der Waals surface area contributed by atoms with E-state index in [9.17, 15) is 9.18 Å². The highest BCUT2D eigenvalue weighted by atomic mass is 19.1. The molecule has 5 nitrogen and oxygen atoms in total. The summed E-state index contributed by atoms with van der Waals surface area (Å²) in [5, 5.41) is 12.3. The Morgan fingerprint density at radius 1 is 1.05 bits per heavy atom. The number of rotatable bonds is 9. The van der Waals surface area contributed by atoms with Gasteiger partial charge < -0.3 is 15.2 Å². The Kier molecular flexibility index (Phi) is 6.91. The largest absolute Gasteiger partial charge is 0.489 e. The van der Waals surface area contributed by atoms with E-state index in [0.717, 1.165) is 44.9 Å². The molecule has 0 aliphatic heterocycles. The molecule has 188 valence electrons. The Labute approximate surface area is 216 Å². The number of hydrogen-bond acceptors (Lipinski definition) is 4. The fourth-order valence-electron chi connectivity index (χ4n) is 4.79. The van der Waals surface area contributed by atoms with Crippen molar-refractivity contribution in [1.82, 2.24) is 4.98 Å². The third-order valence-corrected chi connectivity index (χ3v) is 6.85. The van der Waals surface area contributed by atoms with Gasteiger partial charge in [0, 0.05) is 23.7 Å². The van der Waals surface area contributed by atoms with Crippen molar-refractivity contribution in [2.45, 2.75) is 39.3 Å². The van der Waals surface area contributed by atoms with Gasteiger partial charge in [0.15, 0.2) is 0 Å². The lowest BCUT2D eigenvalue weighted by molar-refractivity contribution is -0.138. The number of aromatic nitrogens is 1. The van der Waals surface area contributed by atoms with Crippen LogP contribution in [0, 0.1) is 25.6 Å². The zero-order chi connectivity index (χ0) is 25.9. The lowest BCUT2D eigenvalue weighted by Gasteiger charge is -2.16. The molecule has 0 spiro atoms. The van der Waals surface area contributed by atoms with Crippen LogP contribution >= 0.6 is 0 Å². The van der Waals surface area contributed by atoms with Gasteiger partial charge in [0.2, 0.25) is 0 Å². The Balaban J connectivity index is 1.27. The number of carboxylic acid groups (broad SMARTS) is 1. The molecule has 0 radical (unpaired) electrons. The fraction of sp³-hybridized carbons (Fsp3) is 0.226. The summed E-state index contributed by atoms with van der Waals surface area (Å²) in [6, 6.07) is 23.0. The van der Waals surface area contributed by atoms with Crippen LogP contribution in [0.2, 0.25) is 0 Å². The zero-order valence-electron chi connectivity index (χ0n) is 20.9. The molecule has 1 aromatic heterocycles. The monoisotopic (exact) mass is 496 g/mol. The smallest absolute Gasteiger partial charge is 0.307 e. The topological polar surface area (TPSA) is 71.5 Å². The van der Waals surface area contributed by atoms with Crippen LogP contribution in [-0.2, 0) is 17.9 Å². The summed E-state index contributed by atoms with van der Waals surface area (Å²) < 4.78 is 20.7. The molecule has 1 aliphatic rings. The van der Waals surface area contributed by atoms with Crippen molar-refractivity contribution in [2.24, 2.45) is 5.92 Å². The molecule has 1 aliphatic carbocycles. The summed E-state index contributed by atoms with van der Waals surface area (Å²) in [5.41, 5.74) is 7.35. The van der Waals surface area contributed by atoms with Crippen molar-refractivity contribution in [3.63, 3.8) is 0 Å². The Morgan fingerprint density at radius 3 is 2.46 bits per heavy atom. The van der Waals surface area contributed by atoms with Crippen molar-refractivity contribution in [3.8, 4) is 16.9 Å². The normalized spacial score (nSPS) is 16.3. The lowest BCUT2D eigenvalue weighted by atomic mass is 9.94. The SMILES string of the molecule is Cc1cc(OCc2ccccc2)cc(C)c1-c1ccc(F)c(CNc2ccc([C@H]3C[C@@H]3C(=O)O)nc2)c1. The zero-order valence-corrected chi connectivity index (χ0v) is 20.9. The molecule has 2 N–H and O–H groups in total. The molecule has 0 unspecified atom stereocenters. The quantitative estimate of drug-likeness (QED) is 0.264. The Bertz CT molecular complexity index is 1400. The van der Waals surface area contributed by atoms with Gasteiger partial charge in [-0.15, -0.1) is 0 Å². The number of halogens is 1. The second kappa shape index (κ2) is 10.4. The van der Waals surface area contributed by atoms with Gasteiger partial charge in [0.1, 0.15) is 18.2 Å². The number of benzene rings is 3. The molecule has 4 aromatic rings. The van der Waals surface area contributed by atoms with E-state index in [1.807, 2.05) is 80.6 Å². The van der Waals surface area contributed by atoms with Crippen LogP contribution in [-0.4, -0.2) is 16.1 Å². The van der Waals surface area contributed by atoms with Gasteiger partial charge in [0.05, 0.1) is 17.8 Å². The van der Waals surface area contributed by atoms with Crippen molar-refractivity contribution in [2.75, 3.05) is 5.32 Å². The van der Waals surface area contributed by atoms with Gasteiger partial charge in [-0.3, -0.25) is 9.78 Å². The second-order valence-electron chi connectivity index (χ2n) is 9.62. The molecule has 5 rings (SSSR count). The number of nitrogens with zero attached hydrogens (tertiary/aromatic N) is 1. The van der Waals surface area contributed by atoms with Crippen molar-refractivity contribution in [1.29, 1.82) is 0 Å². The van der Waals surface area contributed by atoms with E-state index in [4.69, 9.17) is 9.84 Å². The third kappa shape index (κ3) is 5.64. The van der Waals surface area contributed by atoms with E-state index in [1.165, 1.54) is 6.07 Å². The molecule has 0 amide bonds. The fourth-order valence-corrected chi connectivity index (χ4v) is 4.79. The van der Waals surface area contributed by atoms with E-state index in [1.54, 1.807) is 6.20 Å². The minimum atomic E-state index is -0.774. The van der Waals surface area contributed by atoms with E-state index in [2.05, 4.69) is 10.3 Å². The summed E-state index contributed by atoms with van der Waals surface area (Å²) in [4.78, 5) is 15.5. The summed E-state index contributed by atoms with van der Waals surface area (Å²) in [7, 11) is 0. The van der Waals surface area contributed by atoms with Gasteiger partial charge in [-0.1, -0.05) is 36.4 Å². The van der Waals surface area contributed by atoms with Gasteiger partial charge in [0.25, 0.3) is 0 Å². The summed E-state index contributed by atoms with van der Waals surface area (Å²) in [6.45, 7) is 4.89. The standard InChI is InChI=1S/C31H29FN2O3/c1-19-12-25(37-18-21-6-4-3-5-7-21)13-20(2)30(19)22-8-10-28(32)23(14-22)16-33-24-9-11-29(34-17-24)26-15-27(26)31(35)36/h3-14,17,26-27,33H,15-16,18H2,1-2H3,(H,35,36)/t26-,27-/m0/s1. The minimum Gasteiger partial charge on any atom is -0.489 e. The molecule has 0 bridgehead atoms. The Hall–Kier alpha value is -4.19. The summed E-state index contributed by atoms with van der Waals surface area (Å²) >= 11 is 0. The Morgan fingerprint density at radius 2 is 1.81 bits per heavy atom. The maximum atomic E-state index is 14.7. The molecule has 1 heterocycles. The van der Waals surface area contributed by atoms with Gasteiger partial charge >= 0.3 is 5.97 Å². The van der Waals surface area contributed by atoms with Gasteiger partial charge in [-0.2, -0.15) is 0 Å². The number of nitrogens with one attached hydrogen (secondary N) is 1. The van der Waals surface area contributed by atoms with E-state index >= 15 is 0 Å². The van der Waals surface area contributed by atoms with Crippen molar-refractivity contribution >= 4 is 11.7 Å².